The first-order chi connectivity index (χ1) is 14.1. The van der Waals surface area contributed by atoms with Crippen molar-refractivity contribution in [2.45, 2.75) is 32.2 Å². The van der Waals surface area contributed by atoms with Crippen LogP contribution in [0, 0.1) is 11.8 Å². The number of piperidine rings is 1. The van der Waals surface area contributed by atoms with E-state index in [2.05, 4.69) is 22.9 Å². The van der Waals surface area contributed by atoms with Gasteiger partial charge in [-0.05, 0) is 42.4 Å². The summed E-state index contributed by atoms with van der Waals surface area (Å²) in [7, 11) is 3.28. The van der Waals surface area contributed by atoms with Crippen molar-refractivity contribution >= 4 is 16.7 Å². The number of ether oxygens (including phenoxy) is 2. The molecular weight excluding hydrogens is 368 g/mol. The molecule has 2 aliphatic rings. The third-order valence-electron chi connectivity index (χ3n) is 6.71. The number of nitrogens with zero attached hydrogens (tertiary/aromatic N) is 1. The van der Waals surface area contributed by atoms with Crippen LogP contribution < -0.4 is 4.74 Å². The minimum atomic E-state index is -0.481. The van der Waals surface area contributed by atoms with Gasteiger partial charge in [-0.1, -0.05) is 19.4 Å². The Morgan fingerprint density at radius 2 is 2.21 bits per heavy atom. The molecule has 2 aliphatic heterocycles. The van der Waals surface area contributed by atoms with Gasteiger partial charge in [-0.2, -0.15) is 0 Å². The molecule has 29 heavy (non-hydrogen) atoms. The van der Waals surface area contributed by atoms with E-state index < -0.39 is 6.61 Å². The minimum absolute atomic E-state index is 0.0695. The molecule has 6 nitrogen and oxygen atoms in total. The van der Waals surface area contributed by atoms with Crippen molar-refractivity contribution < 1.29 is 19.4 Å². The van der Waals surface area contributed by atoms with Crippen LogP contribution in [0.1, 0.15) is 37.1 Å². The van der Waals surface area contributed by atoms with Crippen LogP contribution in [0.2, 0.25) is 0 Å². The fourth-order valence-corrected chi connectivity index (χ4v) is 5.33. The Bertz CT molecular complexity index is 932. The molecule has 1 aromatic carbocycles. The van der Waals surface area contributed by atoms with E-state index in [4.69, 9.17) is 9.47 Å². The summed E-state index contributed by atoms with van der Waals surface area (Å²) in [6, 6.07) is 6.34. The number of benzene rings is 1. The molecule has 3 heterocycles. The van der Waals surface area contributed by atoms with E-state index in [-0.39, 0.29) is 17.7 Å². The Hall–Kier alpha value is -2.31. The van der Waals surface area contributed by atoms with Gasteiger partial charge in [0.05, 0.1) is 26.5 Å². The maximum Gasteiger partial charge on any atom is 0.187 e. The molecule has 0 aliphatic carbocycles. The Kier molecular flexibility index (Phi) is 5.65. The molecule has 1 fully saturated rings. The molecule has 0 spiro atoms. The third-order valence-corrected chi connectivity index (χ3v) is 6.71. The number of methoxy groups -OCH3 is 2. The predicted octanol–water partition coefficient (Wildman–Crippen LogP) is 3.21. The van der Waals surface area contributed by atoms with Gasteiger partial charge in [0.2, 0.25) is 0 Å². The zero-order chi connectivity index (χ0) is 20.5. The normalized spacial score (nSPS) is 24.8. The molecule has 1 saturated heterocycles. The van der Waals surface area contributed by atoms with Gasteiger partial charge in [-0.25, -0.2) is 0 Å². The number of aromatic nitrogens is 1. The highest BCUT2D eigenvalue weighted by Crippen LogP contribution is 2.47. The molecule has 0 radical (unpaired) electrons. The topological polar surface area (TPSA) is 74.8 Å². The molecule has 0 unspecified atom stereocenters. The van der Waals surface area contributed by atoms with Gasteiger partial charge >= 0.3 is 0 Å². The second-order valence-electron chi connectivity index (χ2n) is 8.06. The first-order valence-electron chi connectivity index (χ1n) is 10.4. The molecule has 1 aromatic heterocycles. The van der Waals surface area contributed by atoms with Crippen molar-refractivity contribution in [1.82, 2.24) is 9.88 Å². The monoisotopic (exact) mass is 398 g/mol. The van der Waals surface area contributed by atoms with Crippen molar-refractivity contribution in [3.05, 3.63) is 41.3 Å². The second-order valence-corrected chi connectivity index (χ2v) is 8.06. The van der Waals surface area contributed by atoms with Crippen LogP contribution in [0.15, 0.2) is 30.0 Å². The van der Waals surface area contributed by atoms with Gasteiger partial charge < -0.3 is 19.6 Å². The molecule has 0 saturated carbocycles. The maximum absolute atomic E-state index is 12.5. The fourth-order valence-electron chi connectivity index (χ4n) is 5.33. The summed E-state index contributed by atoms with van der Waals surface area (Å²) in [5.74, 6) is 1.10. The smallest absolute Gasteiger partial charge is 0.187 e. The number of H-pyrrole nitrogens is 1. The Morgan fingerprint density at radius 3 is 2.90 bits per heavy atom. The Balaban J connectivity index is 1.76. The van der Waals surface area contributed by atoms with Gasteiger partial charge in [0.15, 0.2) is 5.78 Å². The zero-order valence-corrected chi connectivity index (χ0v) is 17.4. The largest absolute Gasteiger partial charge is 0.504 e. The first-order valence-corrected chi connectivity index (χ1v) is 10.4. The van der Waals surface area contributed by atoms with Crippen LogP contribution in [-0.4, -0.2) is 54.7 Å². The van der Waals surface area contributed by atoms with Gasteiger partial charge in [-0.3, -0.25) is 9.69 Å². The van der Waals surface area contributed by atoms with E-state index >= 15 is 0 Å². The van der Waals surface area contributed by atoms with Crippen LogP contribution in [0.3, 0.4) is 0 Å². The lowest BCUT2D eigenvalue weighted by atomic mass is 9.73. The number of hydrogen-bond acceptors (Lipinski definition) is 5. The van der Waals surface area contributed by atoms with Crippen molar-refractivity contribution in [3.63, 3.8) is 0 Å². The van der Waals surface area contributed by atoms with Gasteiger partial charge in [0, 0.05) is 35.3 Å². The number of Topliss-reactive ketones (excluding diaryl/α,β-unsaturated/α-hetero) is 1. The number of nitrogens with one attached hydrogen (secondary N) is 1. The fraction of sp³-hybridized carbons (Fsp3) is 0.522. The van der Waals surface area contributed by atoms with Crippen molar-refractivity contribution in [3.8, 4) is 5.75 Å². The van der Waals surface area contributed by atoms with Crippen LogP contribution in [0.5, 0.6) is 5.75 Å². The van der Waals surface area contributed by atoms with E-state index in [0.717, 1.165) is 43.6 Å². The number of aliphatic hydroxyl groups excluding tert-OH is 1. The highest BCUT2D eigenvalue weighted by molar-refractivity contribution is 5.96. The number of rotatable bonds is 6. The molecule has 6 heteroatoms. The second kappa shape index (κ2) is 8.20. The minimum Gasteiger partial charge on any atom is -0.504 e. The summed E-state index contributed by atoms with van der Waals surface area (Å²) < 4.78 is 10.9. The number of carbonyl (C=O) groups is 1. The number of aliphatic hydroxyl groups is 1. The average Bonchev–Trinajstić information content (AvgIpc) is 3.15. The number of carbonyl (C=O) groups excluding carboxylic acids is 1. The summed E-state index contributed by atoms with van der Waals surface area (Å²) in [5, 5.41) is 10.7. The van der Waals surface area contributed by atoms with Crippen molar-refractivity contribution in [2.75, 3.05) is 33.9 Å². The molecule has 2 N–H and O–H groups in total. The Labute approximate surface area is 171 Å². The van der Waals surface area contributed by atoms with Crippen LogP contribution in [0.25, 0.3) is 10.9 Å². The number of aromatic amines is 1. The molecule has 0 amide bonds. The van der Waals surface area contributed by atoms with E-state index in [1.54, 1.807) is 20.5 Å². The lowest BCUT2D eigenvalue weighted by Gasteiger charge is -2.46. The highest BCUT2D eigenvalue weighted by Gasteiger charge is 2.42. The third kappa shape index (κ3) is 3.34. The van der Waals surface area contributed by atoms with Crippen LogP contribution >= 0.6 is 0 Å². The Morgan fingerprint density at radius 1 is 1.38 bits per heavy atom. The molecular formula is C23H30N2O4. The molecule has 3 atom stereocenters. The van der Waals surface area contributed by atoms with Gasteiger partial charge in [0.1, 0.15) is 12.4 Å². The van der Waals surface area contributed by atoms with Crippen LogP contribution in [-0.2, 0) is 16.0 Å². The SMILES string of the molecule is CC[C@@H]1CN2CCc3c([nH]c4cccc(OC)c34)[C@@H]2C[C@@H]1/C(=C\OC)C(=O)CO. The summed E-state index contributed by atoms with van der Waals surface area (Å²) in [6.07, 6.45) is 4.35. The maximum atomic E-state index is 12.5. The molecule has 4 rings (SSSR count). The summed E-state index contributed by atoms with van der Waals surface area (Å²) in [5.41, 5.74) is 4.29. The van der Waals surface area contributed by atoms with E-state index in [0.29, 0.717) is 11.5 Å². The lowest BCUT2D eigenvalue weighted by molar-refractivity contribution is -0.119. The lowest BCUT2D eigenvalue weighted by Crippen LogP contribution is -2.47. The number of hydrogen-bond donors (Lipinski definition) is 2. The van der Waals surface area contributed by atoms with Gasteiger partial charge in [0.25, 0.3) is 0 Å². The summed E-state index contributed by atoms with van der Waals surface area (Å²) >= 11 is 0. The molecule has 156 valence electrons. The zero-order valence-electron chi connectivity index (χ0n) is 17.4. The average molecular weight is 399 g/mol. The quantitative estimate of drug-likeness (QED) is 0.577. The van der Waals surface area contributed by atoms with Gasteiger partial charge in [-0.15, -0.1) is 0 Å². The van der Waals surface area contributed by atoms with Crippen molar-refractivity contribution in [2.24, 2.45) is 11.8 Å². The van der Waals surface area contributed by atoms with E-state index in [9.17, 15) is 9.90 Å². The standard InChI is InChI=1S/C23H30N2O4/c1-4-14-11-25-9-8-15-22-18(6-5-7-21(22)29-3)24-23(15)19(25)10-16(14)17(13-28-2)20(27)12-26/h5-7,13-14,16,19,24,26H,4,8-12H2,1-3H3/b17-13+/t14-,16+,19+/m1/s1. The summed E-state index contributed by atoms with van der Waals surface area (Å²) in [4.78, 5) is 18.7. The highest BCUT2D eigenvalue weighted by atomic mass is 16.5. The van der Waals surface area contributed by atoms with E-state index in [1.807, 2.05) is 12.1 Å². The number of fused-ring (bicyclic) bond motifs is 5. The molecule has 2 aromatic rings. The van der Waals surface area contributed by atoms with E-state index in [1.165, 1.54) is 16.6 Å². The predicted molar refractivity (Wildman–Crippen MR) is 112 cm³/mol. The number of ketones is 1. The first kappa shape index (κ1) is 20.0. The summed E-state index contributed by atoms with van der Waals surface area (Å²) in [6.45, 7) is 3.64. The molecule has 0 bridgehead atoms. The van der Waals surface area contributed by atoms with Crippen molar-refractivity contribution in [1.29, 1.82) is 0 Å². The van der Waals surface area contributed by atoms with Crippen LogP contribution in [0.4, 0.5) is 0 Å².